The van der Waals surface area contributed by atoms with Gasteiger partial charge in [-0.05, 0) is 12.1 Å². The Morgan fingerprint density at radius 2 is 1.50 bits per heavy atom. The number of hydrogen-bond donors (Lipinski definition) is 1. The second-order valence-electron chi connectivity index (χ2n) is 7.11. The number of amides is 1. The molecule has 0 aromatic heterocycles. The molecule has 0 aliphatic carbocycles. The normalized spacial score (nSPS) is 16.0. The van der Waals surface area contributed by atoms with Crippen LogP contribution in [-0.4, -0.2) is 73.0 Å². The van der Waals surface area contributed by atoms with E-state index in [-0.39, 0.29) is 38.3 Å². The Hall–Kier alpha value is -2.75. The summed E-state index contributed by atoms with van der Waals surface area (Å²) < 4.78 is 123. The van der Waals surface area contributed by atoms with Crippen molar-refractivity contribution in [3.8, 4) is 5.75 Å². The van der Waals surface area contributed by atoms with Gasteiger partial charge in [-0.25, -0.2) is 4.79 Å². The van der Waals surface area contributed by atoms with E-state index in [4.69, 9.17) is 10.5 Å². The maximum absolute atomic E-state index is 13.0. The van der Waals surface area contributed by atoms with E-state index >= 15 is 0 Å². The predicted octanol–water partition coefficient (Wildman–Crippen LogP) is 3.32. The highest BCUT2D eigenvalue weighted by molar-refractivity contribution is 5.74. The number of piperazine rings is 1. The van der Waals surface area contributed by atoms with Crippen molar-refractivity contribution in [3.05, 3.63) is 29.3 Å². The van der Waals surface area contributed by atoms with Crippen LogP contribution in [0.3, 0.4) is 0 Å². The molecule has 2 rings (SSSR count). The van der Waals surface area contributed by atoms with Crippen LogP contribution in [-0.2, 0) is 22.3 Å². The zero-order valence-electron chi connectivity index (χ0n) is 17.1. The lowest BCUT2D eigenvalue weighted by atomic mass is 10.1. The van der Waals surface area contributed by atoms with Gasteiger partial charge in [0.2, 0.25) is 0 Å². The number of alkyl halides is 9. The minimum atomic E-state index is -5.85. The van der Waals surface area contributed by atoms with Gasteiger partial charge in [0.15, 0.2) is 0 Å². The van der Waals surface area contributed by atoms with E-state index in [1.165, 1.54) is 4.90 Å². The molecule has 1 aliphatic heterocycles. The average molecular weight is 511 g/mol. The van der Waals surface area contributed by atoms with Crippen LogP contribution in [0.15, 0.2) is 18.2 Å². The van der Waals surface area contributed by atoms with E-state index in [0.29, 0.717) is 11.0 Å². The second kappa shape index (κ2) is 10.2. The van der Waals surface area contributed by atoms with Crippen molar-refractivity contribution in [1.29, 1.82) is 0 Å². The first kappa shape index (κ1) is 27.5. The van der Waals surface area contributed by atoms with E-state index < -0.39 is 54.6 Å². The predicted molar refractivity (Wildman–Crippen MR) is 95.4 cm³/mol. The molecule has 1 aromatic carbocycles. The Morgan fingerprint density at radius 1 is 0.941 bits per heavy atom. The first-order valence-corrected chi connectivity index (χ1v) is 9.44. The third kappa shape index (κ3) is 7.38. The molecule has 1 aromatic rings. The van der Waals surface area contributed by atoms with Crippen molar-refractivity contribution in [2.24, 2.45) is 5.73 Å². The lowest BCUT2D eigenvalue weighted by Gasteiger charge is -2.35. The highest BCUT2D eigenvalue weighted by Gasteiger charge is 2.60. The van der Waals surface area contributed by atoms with Gasteiger partial charge < -0.3 is 20.1 Å². The molecule has 0 atom stereocenters. The molecule has 1 amide bonds. The van der Waals surface area contributed by atoms with Crippen molar-refractivity contribution in [2.45, 2.75) is 31.2 Å². The molecule has 16 heteroatoms. The fourth-order valence-corrected chi connectivity index (χ4v) is 2.94. The topological polar surface area (TPSA) is 85.1 Å². The molecule has 2 N–H and O–H groups in total. The number of nitrogens with zero attached hydrogens (tertiary/aromatic N) is 2. The van der Waals surface area contributed by atoms with Gasteiger partial charge in [-0.3, -0.25) is 9.69 Å². The van der Waals surface area contributed by atoms with Crippen LogP contribution >= 0.6 is 0 Å². The number of ether oxygens (including phenoxy) is 2. The van der Waals surface area contributed by atoms with Crippen molar-refractivity contribution < 1.29 is 58.6 Å². The van der Waals surface area contributed by atoms with E-state index in [1.54, 1.807) is 0 Å². The molecule has 0 radical (unpaired) electrons. The zero-order chi connectivity index (χ0) is 25.9. The minimum Gasteiger partial charge on any atom is -0.426 e. The molecular weight excluding hydrogens is 493 g/mol. The van der Waals surface area contributed by atoms with Crippen LogP contribution < -0.4 is 10.5 Å². The number of carbonyl (C=O) groups is 2. The number of rotatable bonds is 5. The maximum Gasteiger partial charge on any atom is 0.434 e. The third-order valence-corrected chi connectivity index (χ3v) is 4.62. The quantitative estimate of drug-likeness (QED) is 0.371. The fourth-order valence-electron chi connectivity index (χ4n) is 2.94. The van der Waals surface area contributed by atoms with Crippen LogP contribution in [0.25, 0.3) is 0 Å². The van der Waals surface area contributed by atoms with E-state index in [1.807, 2.05) is 0 Å². The Balaban J connectivity index is 2.06. The van der Waals surface area contributed by atoms with Gasteiger partial charge in [0.05, 0.1) is 12.1 Å². The van der Waals surface area contributed by atoms with Crippen molar-refractivity contribution >= 4 is 12.1 Å². The van der Waals surface area contributed by atoms with E-state index in [9.17, 15) is 49.1 Å². The Labute approximate surface area is 186 Å². The first-order valence-electron chi connectivity index (χ1n) is 9.44. The summed E-state index contributed by atoms with van der Waals surface area (Å²) in [4.78, 5) is 25.5. The highest BCUT2D eigenvalue weighted by atomic mass is 19.4. The molecule has 7 nitrogen and oxygen atoms in total. The lowest BCUT2D eigenvalue weighted by molar-refractivity contribution is -0.308. The average Bonchev–Trinajstić information content (AvgIpc) is 2.71. The monoisotopic (exact) mass is 511 g/mol. The number of halogens is 9. The Kier molecular flexibility index (Phi) is 8.29. The second-order valence-corrected chi connectivity index (χ2v) is 7.11. The molecule has 34 heavy (non-hydrogen) atoms. The number of hydrogen-bond acceptors (Lipinski definition) is 6. The van der Waals surface area contributed by atoms with Crippen LogP contribution in [0.2, 0.25) is 0 Å². The molecule has 0 spiro atoms. The van der Waals surface area contributed by atoms with Gasteiger partial charge in [0.1, 0.15) is 5.75 Å². The first-order chi connectivity index (χ1) is 15.5. The van der Waals surface area contributed by atoms with Gasteiger partial charge >= 0.3 is 30.6 Å². The van der Waals surface area contributed by atoms with Gasteiger partial charge in [0, 0.05) is 38.3 Å². The molecule has 1 saturated heterocycles. The smallest absolute Gasteiger partial charge is 0.426 e. The van der Waals surface area contributed by atoms with Crippen LogP contribution in [0.4, 0.5) is 44.3 Å². The summed E-state index contributed by atoms with van der Waals surface area (Å²) in [6, 6.07) is 2.40. The molecule has 0 unspecified atom stereocenters. The molecule has 1 heterocycles. The molecule has 1 fully saturated rings. The molecular formula is C18H18F9N3O4. The van der Waals surface area contributed by atoms with E-state index in [0.717, 1.165) is 12.1 Å². The van der Waals surface area contributed by atoms with Gasteiger partial charge in [-0.15, -0.1) is 0 Å². The van der Waals surface area contributed by atoms with Crippen LogP contribution in [0.5, 0.6) is 5.75 Å². The van der Waals surface area contributed by atoms with Crippen LogP contribution in [0.1, 0.15) is 11.1 Å². The van der Waals surface area contributed by atoms with Crippen molar-refractivity contribution in [2.75, 3.05) is 32.7 Å². The molecule has 192 valence electrons. The largest absolute Gasteiger partial charge is 0.434 e. The number of nitrogens with two attached hydrogens (primary N) is 1. The van der Waals surface area contributed by atoms with Gasteiger partial charge in [0.25, 0.3) is 6.10 Å². The minimum absolute atomic E-state index is 0.0664. The Morgan fingerprint density at radius 3 is 1.97 bits per heavy atom. The summed E-state index contributed by atoms with van der Waals surface area (Å²) in [5, 5.41) is 0. The molecule has 1 aliphatic rings. The van der Waals surface area contributed by atoms with E-state index in [2.05, 4.69) is 4.74 Å². The van der Waals surface area contributed by atoms with Gasteiger partial charge in [-0.2, -0.15) is 39.5 Å². The van der Waals surface area contributed by atoms with Gasteiger partial charge in [-0.1, -0.05) is 6.07 Å². The summed E-state index contributed by atoms with van der Waals surface area (Å²) in [7, 11) is 0. The SMILES string of the molecule is NCC(=O)Oc1cc(C(F)(F)F)ccc1CN1CCN(C(=O)OC(C(F)(F)F)C(F)(F)F)CC1. The summed E-state index contributed by atoms with van der Waals surface area (Å²) in [5.74, 6) is -1.41. The number of benzene rings is 1. The zero-order valence-corrected chi connectivity index (χ0v) is 17.1. The Bertz CT molecular complexity index is 865. The lowest BCUT2D eigenvalue weighted by Crippen LogP contribution is -2.52. The van der Waals surface area contributed by atoms with Crippen molar-refractivity contribution in [1.82, 2.24) is 9.80 Å². The third-order valence-electron chi connectivity index (χ3n) is 4.62. The summed E-state index contributed by atoms with van der Waals surface area (Å²) in [6.45, 7) is -1.47. The fraction of sp³-hybridized carbons (Fsp3) is 0.556. The summed E-state index contributed by atoms with van der Waals surface area (Å²) >= 11 is 0. The van der Waals surface area contributed by atoms with Crippen molar-refractivity contribution in [3.63, 3.8) is 0 Å². The molecule has 0 saturated carbocycles. The number of esters is 1. The molecule has 0 bridgehead atoms. The standard InChI is InChI=1S/C18H18F9N3O4/c19-16(20,21)11-2-1-10(12(7-11)33-13(31)8-28)9-29-3-5-30(6-4-29)15(32)34-14(17(22,23)24)18(25,26)27/h1-2,7,14H,3-6,8-9,28H2. The maximum atomic E-state index is 13.0. The highest BCUT2D eigenvalue weighted by Crippen LogP contribution is 2.36. The summed E-state index contributed by atoms with van der Waals surface area (Å²) in [5.41, 5.74) is 4.16. The van der Waals surface area contributed by atoms with Crippen LogP contribution in [0, 0.1) is 0 Å². The number of carbonyl (C=O) groups excluding carboxylic acids is 2. The summed E-state index contributed by atoms with van der Waals surface area (Å²) in [6.07, 6.45) is -22.5.